The number of methoxy groups -OCH3 is 1. The fraction of sp³-hybridized carbons (Fsp3) is 0.588. The number of aryl methyl sites for hydroxylation is 1. The van der Waals surface area contributed by atoms with Crippen LogP contribution < -0.4 is 9.64 Å². The molecular weight excluding hydrogens is 310 g/mol. The van der Waals surface area contributed by atoms with Crippen molar-refractivity contribution in [2.45, 2.75) is 19.4 Å². The van der Waals surface area contributed by atoms with Crippen molar-refractivity contribution < 1.29 is 9.47 Å². The molecule has 0 bridgehead atoms. The van der Waals surface area contributed by atoms with Gasteiger partial charge in [-0.3, -0.25) is 4.90 Å². The molecule has 1 atom stereocenters. The lowest BCUT2D eigenvalue weighted by Crippen LogP contribution is -2.44. The predicted molar refractivity (Wildman–Crippen MR) is 93.9 cm³/mol. The van der Waals surface area contributed by atoms with Crippen LogP contribution in [-0.2, 0) is 4.74 Å². The Hall–Kier alpha value is -1.37. The molecular formula is C17H23N3O2S. The summed E-state index contributed by atoms with van der Waals surface area (Å²) in [5, 5.41) is 1.13. The molecule has 1 aromatic heterocycles. The van der Waals surface area contributed by atoms with Crippen LogP contribution >= 0.6 is 11.3 Å². The Morgan fingerprint density at radius 1 is 1.26 bits per heavy atom. The van der Waals surface area contributed by atoms with Gasteiger partial charge in [-0.15, -0.1) is 0 Å². The van der Waals surface area contributed by atoms with E-state index in [1.165, 1.54) is 16.7 Å². The van der Waals surface area contributed by atoms with E-state index in [0.29, 0.717) is 6.04 Å². The number of morpholine rings is 1. The number of anilines is 1. The Bertz CT molecular complexity index is 696. The van der Waals surface area contributed by atoms with E-state index in [4.69, 9.17) is 14.5 Å². The fourth-order valence-electron chi connectivity index (χ4n) is 3.55. The van der Waals surface area contributed by atoms with Crippen LogP contribution in [-0.4, -0.2) is 62.4 Å². The summed E-state index contributed by atoms with van der Waals surface area (Å²) in [6.07, 6.45) is 1.21. The molecule has 0 radical (unpaired) electrons. The number of aromatic nitrogens is 1. The van der Waals surface area contributed by atoms with Crippen molar-refractivity contribution >= 4 is 26.7 Å². The molecule has 0 spiro atoms. The number of rotatable bonds is 3. The third-order valence-electron chi connectivity index (χ3n) is 4.91. The maximum absolute atomic E-state index is 5.48. The lowest BCUT2D eigenvalue weighted by Gasteiger charge is -2.32. The first kappa shape index (κ1) is 15.2. The van der Waals surface area contributed by atoms with Crippen molar-refractivity contribution in [3.05, 3.63) is 17.7 Å². The van der Waals surface area contributed by atoms with E-state index in [1.807, 2.05) is 6.07 Å². The number of hydrogen-bond donors (Lipinski definition) is 0. The second-order valence-corrected chi connectivity index (χ2v) is 7.27. The molecule has 2 aliphatic heterocycles. The SMILES string of the molecule is COc1ccc(C)c2sc(N3CCC(N4CCOCC4)C3)nc12. The van der Waals surface area contributed by atoms with E-state index >= 15 is 0 Å². The average Bonchev–Trinajstić information content (AvgIpc) is 3.23. The van der Waals surface area contributed by atoms with Crippen LogP contribution in [0, 0.1) is 6.92 Å². The van der Waals surface area contributed by atoms with Crippen LogP contribution in [0.1, 0.15) is 12.0 Å². The van der Waals surface area contributed by atoms with Gasteiger partial charge in [-0.05, 0) is 25.0 Å². The monoisotopic (exact) mass is 333 g/mol. The van der Waals surface area contributed by atoms with E-state index in [-0.39, 0.29) is 0 Å². The molecule has 124 valence electrons. The van der Waals surface area contributed by atoms with Crippen LogP contribution in [0.3, 0.4) is 0 Å². The highest BCUT2D eigenvalue weighted by Crippen LogP contribution is 2.37. The summed E-state index contributed by atoms with van der Waals surface area (Å²) in [6, 6.07) is 4.76. The highest BCUT2D eigenvalue weighted by atomic mass is 32.1. The molecule has 6 heteroatoms. The number of ether oxygens (including phenoxy) is 2. The van der Waals surface area contributed by atoms with Gasteiger partial charge < -0.3 is 14.4 Å². The Morgan fingerprint density at radius 2 is 2.09 bits per heavy atom. The molecule has 0 aliphatic carbocycles. The van der Waals surface area contributed by atoms with Crippen molar-refractivity contribution in [1.82, 2.24) is 9.88 Å². The Morgan fingerprint density at radius 3 is 2.87 bits per heavy atom. The maximum Gasteiger partial charge on any atom is 0.186 e. The topological polar surface area (TPSA) is 37.8 Å². The van der Waals surface area contributed by atoms with E-state index in [0.717, 1.165) is 55.8 Å². The summed E-state index contributed by atoms with van der Waals surface area (Å²) in [5.74, 6) is 0.872. The number of benzene rings is 1. The summed E-state index contributed by atoms with van der Waals surface area (Å²) < 4.78 is 12.2. The van der Waals surface area contributed by atoms with E-state index in [1.54, 1.807) is 18.4 Å². The van der Waals surface area contributed by atoms with Gasteiger partial charge >= 0.3 is 0 Å². The highest BCUT2D eigenvalue weighted by Gasteiger charge is 2.30. The second kappa shape index (κ2) is 6.26. The molecule has 2 fully saturated rings. The zero-order valence-corrected chi connectivity index (χ0v) is 14.6. The summed E-state index contributed by atoms with van der Waals surface area (Å²) in [4.78, 5) is 9.89. The third-order valence-corrected chi connectivity index (χ3v) is 6.16. The van der Waals surface area contributed by atoms with Crippen molar-refractivity contribution in [2.24, 2.45) is 0 Å². The minimum absolute atomic E-state index is 0.633. The standard InChI is InChI=1S/C17H23N3O2S/c1-12-3-4-14(21-2)15-16(12)23-17(18-15)20-6-5-13(11-20)19-7-9-22-10-8-19/h3-4,13H,5-11H2,1-2H3. The largest absolute Gasteiger partial charge is 0.494 e. The summed E-state index contributed by atoms with van der Waals surface area (Å²) in [5.41, 5.74) is 2.27. The molecule has 2 aromatic rings. The first-order valence-corrected chi connectivity index (χ1v) is 9.09. The molecule has 1 unspecified atom stereocenters. The van der Waals surface area contributed by atoms with Crippen molar-refractivity contribution in [1.29, 1.82) is 0 Å². The van der Waals surface area contributed by atoms with Gasteiger partial charge in [0.25, 0.3) is 0 Å². The van der Waals surface area contributed by atoms with Gasteiger partial charge in [-0.1, -0.05) is 17.4 Å². The maximum atomic E-state index is 5.48. The molecule has 2 saturated heterocycles. The minimum atomic E-state index is 0.633. The molecule has 4 rings (SSSR count). The molecule has 23 heavy (non-hydrogen) atoms. The number of fused-ring (bicyclic) bond motifs is 1. The summed E-state index contributed by atoms with van der Waals surface area (Å²) >= 11 is 1.79. The highest BCUT2D eigenvalue weighted by molar-refractivity contribution is 7.22. The fourth-order valence-corrected chi connectivity index (χ4v) is 4.64. The predicted octanol–water partition coefficient (Wildman–Crippen LogP) is 2.52. The molecule has 0 amide bonds. The van der Waals surface area contributed by atoms with E-state index in [9.17, 15) is 0 Å². The number of hydrogen-bond acceptors (Lipinski definition) is 6. The van der Waals surface area contributed by atoms with Crippen LogP contribution in [0.4, 0.5) is 5.13 Å². The first-order valence-electron chi connectivity index (χ1n) is 8.27. The van der Waals surface area contributed by atoms with Gasteiger partial charge in [0.05, 0.1) is 25.0 Å². The molecule has 0 saturated carbocycles. The van der Waals surface area contributed by atoms with Crippen LogP contribution in [0.5, 0.6) is 5.75 Å². The quantitative estimate of drug-likeness (QED) is 0.863. The average molecular weight is 333 g/mol. The molecule has 0 N–H and O–H groups in total. The van der Waals surface area contributed by atoms with Crippen LogP contribution in [0.15, 0.2) is 12.1 Å². The van der Waals surface area contributed by atoms with Gasteiger partial charge in [0, 0.05) is 32.2 Å². The normalized spacial score (nSPS) is 22.9. The molecule has 5 nitrogen and oxygen atoms in total. The lowest BCUT2D eigenvalue weighted by atomic mass is 10.2. The molecule has 1 aromatic carbocycles. The minimum Gasteiger partial charge on any atom is -0.494 e. The Labute approximate surface area is 140 Å². The van der Waals surface area contributed by atoms with Crippen molar-refractivity contribution in [2.75, 3.05) is 51.4 Å². The zero-order chi connectivity index (χ0) is 15.8. The summed E-state index contributed by atoms with van der Waals surface area (Å²) in [6.45, 7) is 8.16. The third kappa shape index (κ3) is 2.79. The Balaban J connectivity index is 1.56. The number of nitrogens with zero attached hydrogens (tertiary/aromatic N) is 3. The molecule has 2 aliphatic rings. The van der Waals surface area contributed by atoms with Crippen LogP contribution in [0.2, 0.25) is 0 Å². The van der Waals surface area contributed by atoms with Crippen LogP contribution in [0.25, 0.3) is 10.2 Å². The van der Waals surface area contributed by atoms with Crippen molar-refractivity contribution in [3.63, 3.8) is 0 Å². The van der Waals surface area contributed by atoms with Gasteiger partial charge in [0.1, 0.15) is 11.3 Å². The zero-order valence-electron chi connectivity index (χ0n) is 13.7. The second-order valence-electron chi connectivity index (χ2n) is 6.30. The van der Waals surface area contributed by atoms with E-state index < -0.39 is 0 Å². The smallest absolute Gasteiger partial charge is 0.186 e. The van der Waals surface area contributed by atoms with Gasteiger partial charge in [0.15, 0.2) is 5.13 Å². The van der Waals surface area contributed by atoms with Gasteiger partial charge in [0.2, 0.25) is 0 Å². The van der Waals surface area contributed by atoms with Gasteiger partial charge in [-0.25, -0.2) is 4.98 Å². The van der Waals surface area contributed by atoms with E-state index in [2.05, 4.69) is 22.8 Å². The van der Waals surface area contributed by atoms with Crippen molar-refractivity contribution in [3.8, 4) is 5.75 Å². The van der Waals surface area contributed by atoms with Gasteiger partial charge in [-0.2, -0.15) is 0 Å². The number of thiazole rings is 1. The first-order chi connectivity index (χ1) is 11.3. The Kier molecular flexibility index (Phi) is 4.13. The lowest BCUT2D eigenvalue weighted by molar-refractivity contribution is 0.0209. The molecule has 3 heterocycles. The summed E-state index contributed by atoms with van der Waals surface area (Å²) in [7, 11) is 1.72.